The number of hydrogen-bond donors (Lipinski definition) is 0. The van der Waals surface area contributed by atoms with E-state index >= 15 is 0 Å². The molecule has 1 aromatic heterocycles. The average molecular weight is 362 g/mol. The van der Waals surface area contributed by atoms with Crippen LogP contribution in [-0.2, 0) is 27.8 Å². The molecule has 0 radical (unpaired) electrons. The summed E-state index contributed by atoms with van der Waals surface area (Å²) in [5.74, 6) is -3.05. The molecule has 1 aliphatic heterocycles. The number of hydrogen-bond acceptors (Lipinski definition) is 5. The van der Waals surface area contributed by atoms with Crippen LogP contribution in [0.2, 0.25) is 0 Å². The Morgan fingerprint density at radius 3 is 2.46 bits per heavy atom. The molecule has 2 rings (SSSR count). The predicted octanol–water partition coefficient (Wildman–Crippen LogP) is 1.67. The molecular weight excluding hydrogens is 342 g/mol. The topological polar surface area (TPSA) is 79.3 Å². The van der Waals surface area contributed by atoms with Crippen LogP contribution in [0.4, 0.5) is 13.6 Å². The number of nitrogens with zero attached hydrogens (tertiary/aromatic N) is 2. The molecule has 6 nitrogen and oxygen atoms in total. The van der Waals surface area contributed by atoms with Gasteiger partial charge < -0.3 is 9.90 Å². The Bertz CT molecular complexity index is 655. The first kappa shape index (κ1) is 18.9. The number of carboxylic acid groups (broad SMARTS) is 1. The van der Waals surface area contributed by atoms with Crippen LogP contribution in [-0.4, -0.2) is 37.4 Å². The van der Waals surface area contributed by atoms with Gasteiger partial charge in [0.1, 0.15) is 23.9 Å². The minimum absolute atomic E-state index is 0.0381. The lowest BCUT2D eigenvalue weighted by Gasteiger charge is -2.44. The van der Waals surface area contributed by atoms with Gasteiger partial charge in [0.25, 0.3) is 12.0 Å². The number of carbonyl (C=O) groups is 1. The highest BCUT2D eigenvalue weighted by molar-refractivity contribution is 7.74. The van der Waals surface area contributed by atoms with Gasteiger partial charge in [-0.25, -0.2) is 4.18 Å². The van der Waals surface area contributed by atoms with Crippen molar-refractivity contribution >= 4 is 17.4 Å². The highest BCUT2D eigenvalue weighted by Crippen LogP contribution is 2.38. The summed E-state index contributed by atoms with van der Waals surface area (Å²) in [6.45, 7) is 5.63. The molecule has 0 bridgehead atoms. The van der Waals surface area contributed by atoms with Crippen molar-refractivity contribution < 1.29 is 31.0 Å². The Balaban J connectivity index is 2.34. The van der Waals surface area contributed by atoms with Crippen LogP contribution in [0, 0.1) is 0 Å². The van der Waals surface area contributed by atoms with Crippen LogP contribution in [0.25, 0.3) is 0 Å². The van der Waals surface area contributed by atoms with E-state index in [1.165, 1.54) is 18.3 Å². The first-order valence-electron chi connectivity index (χ1n) is 7.40. The van der Waals surface area contributed by atoms with Gasteiger partial charge in [0.15, 0.2) is 0 Å². The molecular formula is C15H20F2N2O4S. The third-order valence-electron chi connectivity index (χ3n) is 4.12. The van der Waals surface area contributed by atoms with Crippen LogP contribution < -0.4 is 5.11 Å². The summed E-state index contributed by atoms with van der Waals surface area (Å²) in [6.07, 6.45) is -0.0480. The van der Waals surface area contributed by atoms with Crippen molar-refractivity contribution in [1.29, 1.82) is 0 Å². The van der Waals surface area contributed by atoms with Crippen molar-refractivity contribution in [2.45, 2.75) is 51.6 Å². The zero-order valence-corrected chi connectivity index (χ0v) is 14.7. The van der Waals surface area contributed by atoms with E-state index in [0.29, 0.717) is 5.56 Å². The van der Waals surface area contributed by atoms with Crippen LogP contribution >= 0.6 is 0 Å². The fourth-order valence-electron chi connectivity index (χ4n) is 2.97. The second kappa shape index (κ2) is 6.12. The average Bonchev–Trinajstić information content (AvgIpc) is 2.75. The number of aromatic nitrogens is 1. The van der Waals surface area contributed by atoms with E-state index < -0.39 is 38.8 Å². The van der Waals surface area contributed by atoms with Crippen LogP contribution in [0.3, 0.4) is 0 Å². The monoisotopic (exact) mass is 362 g/mol. The third-order valence-corrected chi connectivity index (χ3v) is 5.93. The Morgan fingerprint density at radius 1 is 1.42 bits per heavy atom. The molecule has 1 aliphatic rings. The minimum Gasteiger partial charge on any atom is -0.497 e. The lowest BCUT2D eigenvalue weighted by atomic mass is 9.99. The fraction of sp³-hybridized carbons (Fsp3) is 0.600. The summed E-state index contributed by atoms with van der Waals surface area (Å²) < 4.78 is 43.0. The molecule has 0 aliphatic carbocycles. The van der Waals surface area contributed by atoms with E-state index in [1.54, 1.807) is 20.8 Å². The summed E-state index contributed by atoms with van der Waals surface area (Å²) in [7, 11) is 0. The van der Waals surface area contributed by atoms with Crippen molar-refractivity contribution in [3.05, 3.63) is 29.6 Å². The molecule has 2 unspecified atom stereocenters. The summed E-state index contributed by atoms with van der Waals surface area (Å²) >= 11 is -2.11. The number of halogens is 2. The number of alkyl halides is 2. The maximum Gasteiger partial charge on any atom is 0.368 e. The van der Waals surface area contributed by atoms with Crippen molar-refractivity contribution in [3.8, 4) is 0 Å². The first-order valence-corrected chi connectivity index (χ1v) is 8.43. The summed E-state index contributed by atoms with van der Waals surface area (Å²) in [6, 6.07) is 1.99. The lowest BCUT2D eigenvalue weighted by molar-refractivity contribution is -0.821. The van der Waals surface area contributed by atoms with E-state index in [0.717, 1.165) is 6.92 Å². The molecule has 0 saturated carbocycles. The molecule has 9 heteroatoms. The largest absolute Gasteiger partial charge is 0.497 e. The molecule has 0 N–H and O–H groups in total. The van der Waals surface area contributed by atoms with Gasteiger partial charge in [-0.15, -0.1) is 0 Å². The number of rotatable bonds is 3. The second-order valence-electron chi connectivity index (χ2n) is 6.89. The third kappa shape index (κ3) is 3.07. The van der Waals surface area contributed by atoms with Crippen molar-refractivity contribution in [2.24, 2.45) is 0 Å². The van der Waals surface area contributed by atoms with E-state index in [-0.39, 0.29) is 18.7 Å². The maximum atomic E-state index is 13.2. The molecule has 24 heavy (non-hydrogen) atoms. The highest BCUT2D eigenvalue weighted by atomic mass is 32.2. The van der Waals surface area contributed by atoms with Crippen molar-refractivity contribution in [3.63, 3.8) is 0 Å². The van der Waals surface area contributed by atoms with Crippen molar-refractivity contribution in [2.75, 3.05) is 6.61 Å². The van der Waals surface area contributed by atoms with Crippen LogP contribution in [0.5, 0.6) is 0 Å². The summed E-state index contributed by atoms with van der Waals surface area (Å²) in [5.41, 5.74) is -0.744. The van der Waals surface area contributed by atoms with E-state index in [2.05, 4.69) is 4.98 Å². The predicted molar refractivity (Wildman–Crippen MR) is 80.8 cm³/mol. The number of pyridine rings is 1. The highest BCUT2D eigenvalue weighted by Gasteiger charge is 2.60. The number of quaternary nitrogens is 1. The normalized spacial score (nSPS) is 28.1. The van der Waals surface area contributed by atoms with Crippen molar-refractivity contribution in [1.82, 2.24) is 4.98 Å². The minimum atomic E-state index is -3.05. The zero-order valence-electron chi connectivity index (χ0n) is 13.9. The van der Waals surface area contributed by atoms with E-state index in [9.17, 15) is 22.9 Å². The first-order chi connectivity index (χ1) is 10.9. The van der Waals surface area contributed by atoms with E-state index in [4.69, 9.17) is 4.18 Å². The molecule has 1 aromatic rings. The zero-order chi connectivity index (χ0) is 18.3. The van der Waals surface area contributed by atoms with Gasteiger partial charge in [0.05, 0.1) is 0 Å². The molecule has 1 amide bonds. The van der Waals surface area contributed by atoms with Gasteiger partial charge in [-0.1, -0.05) is 6.07 Å². The molecule has 3 atom stereocenters. The van der Waals surface area contributed by atoms with E-state index in [1.807, 2.05) is 0 Å². The standard InChI is InChI=1S/C15H20F2N2O4S/c1-14(2,3)19(13(20)21)11(9-23-24(19)22)7-10-5-6-12(18-8-10)15(4,16)17/h5-6,8,11H,7,9H2,1-4H3/t11-,19?,24?/m0/s1. The Kier molecular flexibility index (Phi) is 4.82. The molecule has 2 heterocycles. The van der Waals surface area contributed by atoms with Gasteiger partial charge in [0, 0.05) is 19.5 Å². The number of carbonyl (C=O) groups excluding carboxylic acids is 1. The van der Waals surface area contributed by atoms with Gasteiger partial charge in [-0.3, -0.25) is 4.98 Å². The quantitative estimate of drug-likeness (QED) is 0.764. The fourth-order valence-corrected chi connectivity index (χ4v) is 4.35. The van der Waals surface area contributed by atoms with Gasteiger partial charge in [0.2, 0.25) is 0 Å². The molecule has 1 saturated heterocycles. The smallest absolute Gasteiger partial charge is 0.368 e. The van der Waals surface area contributed by atoms with Gasteiger partial charge >= 0.3 is 11.3 Å². The molecule has 134 valence electrons. The van der Waals surface area contributed by atoms with Gasteiger partial charge in [-0.05, 0) is 32.4 Å². The molecule has 0 spiro atoms. The molecule has 1 fully saturated rings. The Labute approximate surface area is 141 Å². The SMILES string of the molecule is CC(F)(F)c1ccc(C[C@H]2COS(=O)[N+]2(C(=O)[O-])C(C)(C)C)cn1. The summed E-state index contributed by atoms with van der Waals surface area (Å²) in [5, 5.41) is 11.8. The Morgan fingerprint density at radius 2 is 2.04 bits per heavy atom. The van der Waals surface area contributed by atoms with Crippen LogP contribution in [0.1, 0.15) is 39.0 Å². The second-order valence-corrected chi connectivity index (χ2v) is 8.14. The lowest BCUT2D eigenvalue weighted by Crippen LogP contribution is -2.70. The van der Waals surface area contributed by atoms with Gasteiger partial charge in [-0.2, -0.15) is 16.9 Å². The maximum absolute atomic E-state index is 13.2. The summed E-state index contributed by atoms with van der Waals surface area (Å²) in [4.78, 5) is 15.6. The molecule has 0 aromatic carbocycles. The van der Waals surface area contributed by atoms with Crippen LogP contribution in [0.15, 0.2) is 18.3 Å². The number of amides is 1. The Hall–Kier alpha value is -1.45.